The van der Waals surface area contributed by atoms with Gasteiger partial charge < -0.3 is 4.74 Å². The Morgan fingerprint density at radius 2 is 1.73 bits per heavy atom. The van der Waals surface area contributed by atoms with E-state index in [1.807, 2.05) is 19.1 Å². The fourth-order valence-corrected chi connectivity index (χ4v) is 3.95. The van der Waals surface area contributed by atoms with Crippen LogP contribution >= 0.6 is 0 Å². The molecule has 0 saturated heterocycles. The van der Waals surface area contributed by atoms with Gasteiger partial charge in [-0.1, -0.05) is 42.5 Å². The Hall–Kier alpha value is -1.93. The second-order valence-electron chi connectivity index (χ2n) is 7.19. The molecule has 1 aliphatic rings. The predicted molar refractivity (Wildman–Crippen MR) is 107 cm³/mol. The minimum absolute atomic E-state index is 0.0712. The lowest BCUT2D eigenvalue weighted by Gasteiger charge is -2.28. The monoisotopic (exact) mass is 352 g/mol. The van der Waals surface area contributed by atoms with Gasteiger partial charge in [-0.3, -0.25) is 0 Å². The molecule has 1 saturated carbocycles. The summed E-state index contributed by atoms with van der Waals surface area (Å²) < 4.78 is 20.5. The van der Waals surface area contributed by atoms with Crippen LogP contribution in [0.25, 0.3) is 11.1 Å². The van der Waals surface area contributed by atoms with E-state index in [9.17, 15) is 4.39 Å². The van der Waals surface area contributed by atoms with Gasteiger partial charge in [0.05, 0.1) is 6.10 Å². The number of allylic oxidation sites excluding steroid dienone is 1. The third kappa shape index (κ3) is 4.62. The molecule has 2 aromatic rings. The van der Waals surface area contributed by atoms with Crippen LogP contribution < -0.4 is 0 Å². The topological polar surface area (TPSA) is 9.23 Å². The molecular weight excluding hydrogens is 323 g/mol. The van der Waals surface area contributed by atoms with Gasteiger partial charge in [-0.2, -0.15) is 0 Å². The SMILES string of the molecule is C=CCCc1ccc(-c2ccc(C3CCC(OCC)CC3)c(F)c2)cc1. The number of hydrogen-bond acceptors (Lipinski definition) is 1. The fourth-order valence-electron chi connectivity index (χ4n) is 3.95. The van der Waals surface area contributed by atoms with Crippen molar-refractivity contribution in [3.05, 3.63) is 72.1 Å². The molecule has 0 radical (unpaired) electrons. The van der Waals surface area contributed by atoms with E-state index in [-0.39, 0.29) is 5.82 Å². The third-order valence-electron chi connectivity index (χ3n) is 5.44. The first-order valence-electron chi connectivity index (χ1n) is 9.82. The summed E-state index contributed by atoms with van der Waals surface area (Å²) in [5.41, 5.74) is 4.17. The Kier molecular flexibility index (Phi) is 6.62. The van der Waals surface area contributed by atoms with E-state index in [2.05, 4.69) is 36.9 Å². The number of halogens is 1. The molecule has 0 atom stereocenters. The van der Waals surface area contributed by atoms with Crippen molar-refractivity contribution in [2.24, 2.45) is 0 Å². The van der Waals surface area contributed by atoms with Crippen molar-refractivity contribution in [3.8, 4) is 11.1 Å². The third-order valence-corrected chi connectivity index (χ3v) is 5.44. The first-order chi connectivity index (χ1) is 12.7. The summed E-state index contributed by atoms with van der Waals surface area (Å²) in [6.07, 6.45) is 8.37. The normalized spacial score (nSPS) is 20.1. The number of hydrogen-bond donors (Lipinski definition) is 0. The smallest absolute Gasteiger partial charge is 0.127 e. The average molecular weight is 352 g/mol. The maximum Gasteiger partial charge on any atom is 0.127 e. The van der Waals surface area contributed by atoms with Crippen molar-refractivity contribution in [3.63, 3.8) is 0 Å². The van der Waals surface area contributed by atoms with Gasteiger partial charge >= 0.3 is 0 Å². The molecule has 0 aromatic heterocycles. The summed E-state index contributed by atoms with van der Waals surface area (Å²) in [6, 6.07) is 14.2. The van der Waals surface area contributed by atoms with E-state index in [1.54, 1.807) is 6.07 Å². The van der Waals surface area contributed by atoms with Crippen LogP contribution in [0.3, 0.4) is 0 Å². The lowest BCUT2D eigenvalue weighted by molar-refractivity contribution is 0.0326. The van der Waals surface area contributed by atoms with Crippen LogP contribution in [0.2, 0.25) is 0 Å². The zero-order chi connectivity index (χ0) is 18.4. The van der Waals surface area contributed by atoms with E-state index in [0.717, 1.165) is 61.8 Å². The number of aryl methyl sites for hydroxylation is 1. The highest BCUT2D eigenvalue weighted by molar-refractivity contribution is 5.64. The van der Waals surface area contributed by atoms with Crippen molar-refractivity contribution in [1.29, 1.82) is 0 Å². The zero-order valence-corrected chi connectivity index (χ0v) is 15.7. The highest BCUT2D eigenvalue weighted by Gasteiger charge is 2.24. The maximum absolute atomic E-state index is 14.8. The van der Waals surface area contributed by atoms with Gasteiger partial charge in [0.25, 0.3) is 0 Å². The molecule has 0 N–H and O–H groups in total. The molecule has 0 aliphatic heterocycles. The minimum atomic E-state index is -0.0712. The van der Waals surface area contributed by atoms with Crippen molar-refractivity contribution >= 4 is 0 Å². The molecule has 0 amide bonds. The molecule has 138 valence electrons. The second-order valence-corrected chi connectivity index (χ2v) is 7.19. The quantitative estimate of drug-likeness (QED) is 0.505. The highest BCUT2D eigenvalue weighted by Crippen LogP contribution is 2.36. The summed E-state index contributed by atoms with van der Waals surface area (Å²) in [6.45, 7) is 6.57. The highest BCUT2D eigenvalue weighted by atomic mass is 19.1. The Bertz CT molecular complexity index is 711. The zero-order valence-electron chi connectivity index (χ0n) is 15.7. The molecular formula is C24H29FO. The summed E-state index contributed by atoms with van der Waals surface area (Å²) in [4.78, 5) is 0. The van der Waals surface area contributed by atoms with Crippen LogP contribution in [-0.2, 0) is 11.2 Å². The predicted octanol–water partition coefficient (Wildman–Crippen LogP) is 6.67. The van der Waals surface area contributed by atoms with E-state index in [4.69, 9.17) is 4.74 Å². The van der Waals surface area contributed by atoms with E-state index in [1.165, 1.54) is 5.56 Å². The fraction of sp³-hybridized carbons (Fsp3) is 0.417. The van der Waals surface area contributed by atoms with Crippen molar-refractivity contribution in [2.45, 2.75) is 57.5 Å². The molecule has 2 aromatic carbocycles. The molecule has 0 unspecified atom stereocenters. The molecule has 2 heteroatoms. The summed E-state index contributed by atoms with van der Waals surface area (Å²) >= 11 is 0. The number of ether oxygens (including phenoxy) is 1. The molecule has 3 rings (SSSR count). The number of rotatable bonds is 7. The van der Waals surface area contributed by atoms with Crippen molar-refractivity contribution in [1.82, 2.24) is 0 Å². The largest absolute Gasteiger partial charge is 0.379 e. The Morgan fingerprint density at radius 3 is 2.35 bits per heavy atom. The van der Waals surface area contributed by atoms with E-state index < -0.39 is 0 Å². The lowest BCUT2D eigenvalue weighted by Crippen LogP contribution is -2.21. The Morgan fingerprint density at radius 1 is 1.04 bits per heavy atom. The summed E-state index contributed by atoms with van der Waals surface area (Å²) in [5.74, 6) is 0.250. The van der Waals surface area contributed by atoms with E-state index in [0.29, 0.717) is 12.0 Å². The van der Waals surface area contributed by atoms with Gasteiger partial charge in [0, 0.05) is 6.61 Å². The van der Waals surface area contributed by atoms with Crippen LogP contribution in [0.4, 0.5) is 4.39 Å². The van der Waals surface area contributed by atoms with Gasteiger partial charge in [-0.25, -0.2) is 4.39 Å². The van der Waals surface area contributed by atoms with Gasteiger partial charge in [0.1, 0.15) is 5.82 Å². The first-order valence-corrected chi connectivity index (χ1v) is 9.82. The van der Waals surface area contributed by atoms with Gasteiger partial charge in [0.15, 0.2) is 0 Å². The lowest BCUT2D eigenvalue weighted by atomic mass is 9.82. The molecule has 1 nitrogen and oxygen atoms in total. The molecule has 1 aliphatic carbocycles. The van der Waals surface area contributed by atoms with Crippen LogP contribution in [0, 0.1) is 5.82 Å². The minimum Gasteiger partial charge on any atom is -0.379 e. The van der Waals surface area contributed by atoms with Gasteiger partial charge in [-0.05, 0) is 79.7 Å². The first kappa shape index (κ1) is 18.8. The van der Waals surface area contributed by atoms with Crippen molar-refractivity contribution in [2.75, 3.05) is 6.61 Å². The number of benzene rings is 2. The molecule has 26 heavy (non-hydrogen) atoms. The standard InChI is InChI=1S/C24H29FO/c1-3-5-6-18-7-9-19(10-8-18)21-13-16-23(24(25)17-21)20-11-14-22(15-12-20)26-4-2/h3,7-10,13,16-17,20,22H,1,4-6,11-12,14-15H2,2H3. The summed E-state index contributed by atoms with van der Waals surface area (Å²) in [5, 5.41) is 0. The molecule has 0 bridgehead atoms. The molecule has 0 heterocycles. The van der Waals surface area contributed by atoms with E-state index >= 15 is 0 Å². The maximum atomic E-state index is 14.8. The Labute approximate surface area is 156 Å². The van der Waals surface area contributed by atoms with Crippen molar-refractivity contribution < 1.29 is 9.13 Å². The summed E-state index contributed by atoms with van der Waals surface area (Å²) in [7, 11) is 0. The molecule has 0 spiro atoms. The van der Waals surface area contributed by atoms with Gasteiger partial charge in [-0.15, -0.1) is 6.58 Å². The van der Waals surface area contributed by atoms with Crippen LogP contribution in [0.1, 0.15) is 56.1 Å². The Balaban J connectivity index is 1.68. The van der Waals surface area contributed by atoms with Crippen LogP contribution in [0.5, 0.6) is 0 Å². The average Bonchev–Trinajstić information content (AvgIpc) is 2.68. The van der Waals surface area contributed by atoms with Gasteiger partial charge in [0.2, 0.25) is 0 Å². The van der Waals surface area contributed by atoms with Crippen LogP contribution in [0.15, 0.2) is 55.1 Å². The second kappa shape index (κ2) is 9.14. The molecule has 1 fully saturated rings. The van der Waals surface area contributed by atoms with Crippen LogP contribution in [-0.4, -0.2) is 12.7 Å².